The van der Waals surface area contributed by atoms with Crippen molar-refractivity contribution in [2.24, 2.45) is 0 Å². The summed E-state index contributed by atoms with van der Waals surface area (Å²) >= 11 is 9.43. The Balaban J connectivity index is 2.11. The topological polar surface area (TPSA) is 38.3 Å². The number of rotatable bonds is 4. The van der Waals surface area contributed by atoms with Crippen LogP contribution >= 0.6 is 27.5 Å². The molecule has 0 atom stereocenters. The van der Waals surface area contributed by atoms with Crippen molar-refractivity contribution in [2.45, 2.75) is 6.92 Å². The molecule has 0 aromatic heterocycles. The molecule has 0 bridgehead atoms. The quantitative estimate of drug-likeness (QED) is 0.752. The number of benzene rings is 2. The van der Waals surface area contributed by atoms with Crippen molar-refractivity contribution in [1.82, 2.24) is 0 Å². The lowest BCUT2D eigenvalue weighted by Gasteiger charge is -2.06. The molecule has 0 aliphatic heterocycles. The van der Waals surface area contributed by atoms with Crippen molar-refractivity contribution < 1.29 is 9.53 Å². The first-order valence-electron chi connectivity index (χ1n) is 6.58. The van der Waals surface area contributed by atoms with Crippen LogP contribution in [-0.4, -0.2) is 13.0 Å². The van der Waals surface area contributed by atoms with Crippen LogP contribution in [0.5, 0.6) is 5.75 Å². The summed E-state index contributed by atoms with van der Waals surface area (Å²) in [5.41, 5.74) is 2.44. The molecule has 0 saturated heterocycles. The molecule has 0 radical (unpaired) electrons. The first-order valence-corrected chi connectivity index (χ1v) is 7.75. The Morgan fingerprint density at radius 1 is 1.27 bits per heavy atom. The van der Waals surface area contributed by atoms with Crippen LogP contribution in [-0.2, 0) is 4.79 Å². The van der Waals surface area contributed by atoms with Crippen LogP contribution in [0.25, 0.3) is 6.08 Å². The van der Waals surface area contributed by atoms with Crippen molar-refractivity contribution in [3.8, 4) is 5.75 Å². The number of methoxy groups -OCH3 is 1. The molecular weight excluding hydrogens is 366 g/mol. The number of anilines is 1. The van der Waals surface area contributed by atoms with Crippen LogP contribution in [0.1, 0.15) is 11.1 Å². The van der Waals surface area contributed by atoms with Crippen LogP contribution in [0.15, 0.2) is 46.9 Å². The van der Waals surface area contributed by atoms with Gasteiger partial charge >= 0.3 is 0 Å². The number of aryl methyl sites for hydroxylation is 1. The minimum Gasteiger partial charge on any atom is -0.496 e. The van der Waals surface area contributed by atoms with E-state index in [1.807, 2.05) is 37.3 Å². The van der Waals surface area contributed by atoms with Crippen molar-refractivity contribution in [1.29, 1.82) is 0 Å². The predicted octanol–water partition coefficient (Wildman–Crippen LogP) is 5.07. The van der Waals surface area contributed by atoms with E-state index >= 15 is 0 Å². The zero-order chi connectivity index (χ0) is 16.1. The predicted molar refractivity (Wildman–Crippen MR) is 94.5 cm³/mol. The third kappa shape index (κ3) is 4.36. The fraction of sp³-hybridized carbons (Fsp3) is 0.118. The van der Waals surface area contributed by atoms with E-state index in [0.29, 0.717) is 16.5 Å². The summed E-state index contributed by atoms with van der Waals surface area (Å²) in [5, 5.41) is 3.39. The summed E-state index contributed by atoms with van der Waals surface area (Å²) in [7, 11) is 1.59. The summed E-state index contributed by atoms with van der Waals surface area (Å²) in [6.07, 6.45) is 3.16. The number of hydrogen-bond donors (Lipinski definition) is 1. The molecule has 2 aromatic rings. The molecule has 0 heterocycles. The molecule has 2 aromatic carbocycles. The number of carbonyl (C=O) groups excluding carboxylic acids is 1. The molecule has 2 rings (SSSR count). The maximum atomic E-state index is 12.0. The second kappa shape index (κ2) is 7.47. The first kappa shape index (κ1) is 16.6. The molecule has 1 amide bonds. The number of carbonyl (C=O) groups is 1. The van der Waals surface area contributed by atoms with Gasteiger partial charge in [0.25, 0.3) is 0 Å². The Kier molecular flexibility index (Phi) is 5.63. The second-order valence-corrected chi connectivity index (χ2v) is 6.00. The van der Waals surface area contributed by atoms with Gasteiger partial charge < -0.3 is 10.1 Å². The molecule has 114 valence electrons. The van der Waals surface area contributed by atoms with E-state index in [4.69, 9.17) is 16.3 Å². The number of amides is 1. The monoisotopic (exact) mass is 379 g/mol. The Labute approximate surface area is 143 Å². The lowest BCUT2D eigenvalue weighted by Crippen LogP contribution is -2.07. The van der Waals surface area contributed by atoms with Crippen molar-refractivity contribution >= 4 is 45.2 Å². The van der Waals surface area contributed by atoms with Crippen LogP contribution in [0, 0.1) is 6.92 Å². The van der Waals surface area contributed by atoms with Gasteiger partial charge in [0.15, 0.2) is 0 Å². The molecule has 0 unspecified atom stereocenters. The molecule has 5 heteroatoms. The van der Waals surface area contributed by atoms with E-state index in [2.05, 4.69) is 21.2 Å². The number of ether oxygens (including phenoxy) is 1. The molecule has 0 aliphatic rings. The highest BCUT2D eigenvalue weighted by Crippen LogP contribution is 2.24. The van der Waals surface area contributed by atoms with Crippen molar-refractivity contribution in [2.75, 3.05) is 12.4 Å². The van der Waals surface area contributed by atoms with E-state index in [-0.39, 0.29) is 5.91 Å². The van der Waals surface area contributed by atoms with Gasteiger partial charge in [0.1, 0.15) is 5.75 Å². The fourth-order valence-electron chi connectivity index (χ4n) is 1.86. The Bertz CT molecular complexity index is 729. The van der Waals surface area contributed by atoms with Gasteiger partial charge in [-0.3, -0.25) is 4.79 Å². The third-order valence-electron chi connectivity index (χ3n) is 3.05. The van der Waals surface area contributed by atoms with Crippen LogP contribution in [0.2, 0.25) is 5.02 Å². The molecule has 0 fully saturated rings. The molecule has 0 saturated carbocycles. The lowest BCUT2D eigenvalue weighted by molar-refractivity contribution is -0.111. The lowest BCUT2D eigenvalue weighted by atomic mass is 10.2. The van der Waals surface area contributed by atoms with E-state index in [0.717, 1.165) is 15.6 Å². The van der Waals surface area contributed by atoms with E-state index in [9.17, 15) is 4.79 Å². The van der Waals surface area contributed by atoms with Gasteiger partial charge in [-0.15, -0.1) is 0 Å². The minimum atomic E-state index is -0.234. The van der Waals surface area contributed by atoms with Gasteiger partial charge in [-0.25, -0.2) is 0 Å². The molecule has 22 heavy (non-hydrogen) atoms. The van der Waals surface area contributed by atoms with Gasteiger partial charge in [0, 0.05) is 26.8 Å². The summed E-state index contributed by atoms with van der Waals surface area (Å²) in [4.78, 5) is 12.0. The number of nitrogens with one attached hydrogen (secondary N) is 1. The molecular formula is C17H15BrClNO2. The van der Waals surface area contributed by atoms with Crippen LogP contribution in [0.4, 0.5) is 5.69 Å². The second-order valence-electron chi connectivity index (χ2n) is 4.67. The van der Waals surface area contributed by atoms with Gasteiger partial charge in [-0.05, 0) is 48.9 Å². The highest BCUT2D eigenvalue weighted by Gasteiger charge is 2.03. The van der Waals surface area contributed by atoms with Crippen LogP contribution < -0.4 is 10.1 Å². The highest BCUT2D eigenvalue weighted by molar-refractivity contribution is 9.10. The third-order valence-corrected chi connectivity index (χ3v) is 3.95. The summed E-state index contributed by atoms with van der Waals surface area (Å²) in [6.45, 7) is 1.91. The van der Waals surface area contributed by atoms with Gasteiger partial charge in [-0.2, -0.15) is 0 Å². The number of halogens is 2. The number of hydrogen-bond acceptors (Lipinski definition) is 2. The minimum absolute atomic E-state index is 0.234. The first-order chi connectivity index (χ1) is 10.5. The van der Waals surface area contributed by atoms with Gasteiger partial charge in [0.2, 0.25) is 5.91 Å². The maximum absolute atomic E-state index is 12.0. The largest absolute Gasteiger partial charge is 0.496 e. The smallest absolute Gasteiger partial charge is 0.248 e. The average Bonchev–Trinajstić information content (AvgIpc) is 2.49. The molecule has 0 aliphatic carbocycles. The Morgan fingerprint density at radius 3 is 2.73 bits per heavy atom. The average molecular weight is 381 g/mol. The molecule has 1 N–H and O–H groups in total. The van der Waals surface area contributed by atoms with Crippen molar-refractivity contribution in [3.63, 3.8) is 0 Å². The van der Waals surface area contributed by atoms with Crippen molar-refractivity contribution in [3.05, 3.63) is 63.1 Å². The standard InChI is InChI=1S/C17H15BrClNO2/c1-11-3-6-14(10-15(11)19)20-17(21)8-4-12-9-13(18)5-7-16(12)22-2/h3-10H,1-2H3,(H,20,21)/b8-4+. The van der Waals surface area contributed by atoms with E-state index < -0.39 is 0 Å². The Hall–Kier alpha value is -1.78. The van der Waals surface area contributed by atoms with Gasteiger partial charge in [-0.1, -0.05) is 33.6 Å². The Morgan fingerprint density at radius 2 is 2.05 bits per heavy atom. The molecule has 0 spiro atoms. The fourth-order valence-corrected chi connectivity index (χ4v) is 2.41. The summed E-state index contributed by atoms with van der Waals surface area (Å²) in [6, 6.07) is 11.0. The molecule has 3 nitrogen and oxygen atoms in total. The van der Waals surface area contributed by atoms with E-state index in [1.165, 1.54) is 6.08 Å². The van der Waals surface area contributed by atoms with E-state index in [1.54, 1.807) is 19.3 Å². The summed E-state index contributed by atoms with van der Waals surface area (Å²) < 4.78 is 6.17. The maximum Gasteiger partial charge on any atom is 0.248 e. The highest BCUT2D eigenvalue weighted by atomic mass is 79.9. The summed E-state index contributed by atoms with van der Waals surface area (Å²) in [5.74, 6) is 0.465. The normalized spacial score (nSPS) is 10.7. The zero-order valence-electron chi connectivity index (χ0n) is 12.2. The van der Waals surface area contributed by atoms with Crippen LogP contribution in [0.3, 0.4) is 0 Å². The van der Waals surface area contributed by atoms with Gasteiger partial charge in [0.05, 0.1) is 7.11 Å². The zero-order valence-corrected chi connectivity index (χ0v) is 14.5. The SMILES string of the molecule is COc1ccc(Br)cc1/C=C/C(=O)Nc1ccc(C)c(Cl)c1.